The highest BCUT2D eigenvalue weighted by atomic mass is 15.4. The Labute approximate surface area is 441 Å². The molecule has 0 radical (unpaired) electrons. The number of nitrogens with zero attached hydrogens (tertiary/aromatic N) is 3. The van der Waals surface area contributed by atoms with E-state index in [0.717, 1.165) is 17.1 Å². The first-order valence-corrected chi connectivity index (χ1v) is 26.1. The van der Waals surface area contributed by atoms with Gasteiger partial charge in [0.05, 0.1) is 17.1 Å². The molecule has 3 nitrogen and oxygen atoms in total. The van der Waals surface area contributed by atoms with Gasteiger partial charge < -0.3 is 14.7 Å². The van der Waals surface area contributed by atoms with Crippen LogP contribution < -0.4 is 14.7 Å². The Morgan fingerprint density at radius 2 is 0.387 bits per heavy atom. The average Bonchev–Trinajstić information content (AvgIpc) is 4.03. The predicted molar refractivity (Wildman–Crippen MR) is 310 cm³/mol. The highest BCUT2D eigenvalue weighted by Gasteiger charge is 2.65. The van der Waals surface area contributed by atoms with Gasteiger partial charge in [-0.25, -0.2) is 0 Å². The molecule has 2 aliphatic rings. The summed E-state index contributed by atoms with van der Waals surface area (Å²) in [5.41, 5.74) is 14.0. The first-order valence-electron chi connectivity index (χ1n) is 26.1. The number of hydrogen-bond acceptors (Lipinski definition) is 3. The third-order valence-corrected chi connectivity index (χ3v) is 16.2. The van der Waals surface area contributed by atoms with Crippen molar-refractivity contribution in [2.24, 2.45) is 0 Å². The van der Waals surface area contributed by atoms with Gasteiger partial charge in [-0.3, -0.25) is 0 Å². The van der Waals surface area contributed by atoms with E-state index < -0.39 is 22.2 Å². The zero-order valence-electron chi connectivity index (χ0n) is 42.3. The lowest BCUT2D eigenvalue weighted by Crippen LogP contribution is -2.56. The molecule has 0 bridgehead atoms. The first-order chi connectivity index (χ1) is 37.1. The molecule has 0 saturated heterocycles. The monoisotopic (exact) mass is 963 g/mol. The summed E-state index contributed by atoms with van der Waals surface area (Å²) in [7, 11) is 4.49. The minimum Gasteiger partial charge on any atom is -0.374 e. The summed E-state index contributed by atoms with van der Waals surface area (Å²) in [6, 6.07) is 115. The molecular weight excluding hydrogens is 907 g/mol. The molecule has 0 amide bonds. The second-order valence-electron chi connectivity index (χ2n) is 20.1. The zero-order chi connectivity index (χ0) is 50.5. The summed E-state index contributed by atoms with van der Waals surface area (Å²) in [5.74, 6) is 0. The Hall–Kier alpha value is -9.18. The van der Waals surface area contributed by atoms with E-state index >= 15 is 0 Å². The van der Waals surface area contributed by atoms with Crippen molar-refractivity contribution in [3.63, 3.8) is 0 Å². The third kappa shape index (κ3) is 6.47. The molecule has 2 heterocycles. The molecular formula is C72H57N3. The maximum atomic E-state index is 2.82. The summed E-state index contributed by atoms with van der Waals surface area (Å²) < 4.78 is 0. The number of fused-ring (bicyclic) bond motifs is 2. The standard InChI is InChI=1S/C72H57N3/c1-73(2)68-66(74-69(54-32-11-3-12-33-54,55-34-13-4-14-35-55)62-48-27-28-49-63(62)70(74,56-36-15-5-16-37-56)57-38-17-6-18-39-57)52-31-53-67(68)75-71(58-40-19-7-20-41-58,59-42-21-8-22-43-59)64-50-29-30-51-65(64)72(75,60-44-23-9-24-45-60)61-46-25-10-26-47-61/h3-53H,1-2H3. The van der Waals surface area contributed by atoms with Gasteiger partial charge in [0.1, 0.15) is 22.2 Å². The summed E-state index contributed by atoms with van der Waals surface area (Å²) in [6.45, 7) is 0. The molecule has 0 unspecified atom stereocenters. The lowest BCUT2D eigenvalue weighted by atomic mass is 9.76. The summed E-state index contributed by atoms with van der Waals surface area (Å²) >= 11 is 0. The molecule has 0 saturated carbocycles. The molecule has 11 aromatic carbocycles. The fourth-order valence-corrected chi connectivity index (χ4v) is 13.7. The van der Waals surface area contributed by atoms with Crippen molar-refractivity contribution in [1.82, 2.24) is 0 Å². The Kier molecular flexibility index (Phi) is 11.2. The molecule has 0 aromatic heterocycles. The van der Waals surface area contributed by atoms with E-state index in [2.05, 4.69) is 338 Å². The minimum atomic E-state index is -0.881. The molecule has 0 aliphatic carbocycles. The van der Waals surface area contributed by atoms with Crippen molar-refractivity contribution in [1.29, 1.82) is 0 Å². The number of para-hydroxylation sites is 1. The topological polar surface area (TPSA) is 9.72 Å². The van der Waals surface area contributed by atoms with Gasteiger partial charge in [0, 0.05) is 14.1 Å². The predicted octanol–water partition coefficient (Wildman–Crippen LogP) is 16.0. The van der Waals surface area contributed by atoms with Crippen molar-refractivity contribution in [2.75, 3.05) is 28.8 Å². The second-order valence-corrected chi connectivity index (χ2v) is 20.1. The van der Waals surface area contributed by atoms with Crippen LogP contribution in [0.3, 0.4) is 0 Å². The molecule has 3 heteroatoms. The third-order valence-electron chi connectivity index (χ3n) is 16.2. The van der Waals surface area contributed by atoms with Crippen LogP contribution in [-0.2, 0) is 22.2 Å². The van der Waals surface area contributed by atoms with E-state index in [-0.39, 0.29) is 0 Å². The van der Waals surface area contributed by atoms with Crippen LogP contribution in [0.1, 0.15) is 66.8 Å². The quantitative estimate of drug-likeness (QED) is 0.128. The number of anilines is 3. The smallest absolute Gasteiger partial charge is 0.118 e. The van der Waals surface area contributed by atoms with Crippen LogP contribution in [0.15, 0.2) is 309 Å². The van der Waals surface area contributed by atoms with Crippen LogP contribution in [0.5, 0.6) is 0 Å². The average molecular weight is 964 g/mol. The molecule has 2 aliphatic heterocycles. The van der Waals surface area contributed by atoms with Gasteiger partial charge in [-0.2, -0.15) is 0 Å². The number of benzene rings is 11. The van der Waals surface area contributed by atoms with E-state index in [4.69, 9.17) is 0 Å². The minimum absolute atomic E-state index is 0.881. The van der Waals surface area contributed by atoms with Crippen LogP contribution in [0.25, 0.3) is 0 Å². The van der Waals surface area contributed by atoms with Gasteiger partial charge in [0.2, 0.25) is 0 Å². The largest absolute Gasteiger partial charge is 0.374 e. The lowest BCUT2D eigenvalue weighted by molar-refractivity contribution is 0.490. The molecule has 11 aromatic rings. The van der Waals surface area contributed by atoms with Crippen molar-refractivity contribution in [2.45, 2.75) is 22.2 Å². The van der Waals surface area contributed by atoms with Gasteiger partial charge in [-0.15, -0.1) is 0 Å². The molecule has 0 spiro atoms. The van der Waals surface area contributed by atoms with Crippen LogP contribution in [0.2, 0.25) is 0 Å². The number of rotatable bonds is 11. The van der Waals surface area contributed by atoms with Crippen molar-refractivity contribution >= 4 is 17.1 Å². The van der Waals surface area contributed by atoms with Gasteiger partial charge in [0.15, 0.2) is 0 Å². The van der Waals surface area contributed by atoms with Gasteiger partial charge in [-0.05, 0) is 78.9 Å². The Morgan fingerprint density at radius 3 is 0.560 bits per heavy atom. The fraction of sp³-hybridized carbons (Fsp3) is 0.0833. The SMILES string of the molecule is CN(C)c1c(N2C(c3ccccc3)(c3ccccc3)c3ccccc3C2(c2ccccc2)c2ccccc2)cccc1N1C(c2ccccc2)(c2ccccc2)c2ccccc2C1(c1ccccc1)c1ccccc1. The molecule has 0 N–H and O–H groups in total. The zero-order valence-corrected chi connectivity index (χ0v) is 42.3. The van der Waals surface area contributed by atoms with Crippen LogP contribution in [0.4, 0.5) is 17.1 Å². The summed E-state index contributed by atoms with van der Waals surface area (Å²) in [5, 5.41) is 0. The molecule has 13 rings (SSSR count). The molecule has 75 heavy (non-hydrogen) atoms. The van der Waals surface area contributed by atoms with Crippen molar-refractivity contribution < 1.29 is 0 Å². The van der Waals surface area contributed by atoms with Crippen LogP contribution in [-0.4, -0.2) is 14.1 Å². The maximum Gasteiger partial charge on any atom is 0.118 e. The van der Waals surface area contributed by atoms with Crippen molar-refractivity contribution in [3.8, 4) is 0 Å². The van der Waals surface area contributed by atoms with Gasteiger partial charge >= 0.3 is 0 Å². The Balaban J connectivity index is 1.27. The van der Waals surface area contributed by atoms with E-state index in [9.17, 15) is 0 Å². The summed E-state index contributed by atoms with van der Waals surface area (Å²) in [4.78, 5) is 8.03. The molecule has 0 fully saturated rings. The summed E-state index contributed by atoms with van der Waals surface area (Å²) in [6.07, 6.45) is 0. The highest BCUT2D eigenvalue weighted by Crippen LogP contribution is 2.67. The van der Waals surface area contributed by atoms with Crippen molar-refractivity contribution in [3.05, 3.63) is 376 Å². The lowest BCUT2D eigenvalue weighted by Gasteiger charge is -2.54. The van der Waals surface area contributed by atoms with Crippen LogP contribution >= 0.6 is 0 Å². The van der Waals surface area contributed by atoms with Gasteiger partial charge in [0.25, 0.3) is 0 Å². The first kappa shape index (κ1) is 45.7. The van der Waals surface area contributed by atoms with Crippen LogP contribution in [0, 0.1) is 0 Å². The maximum absolute atomic E-state index is 2.82. The Bertz CT molecular complexity index is 3110. The highest BCUT2D eigenvalue weighted by molar-refractivity contribution is 5.94. The fourth-order valence-electron chi connectivity index (χ4n) is 13.7. The second kappa shape index (κ2) is 18.4. The van der Waals surface area contributed by atoms with E-state index in [1.165, 1.54) is 66.8 Å². The normalized spacial score (nSPS) is 15.4. The van der Waals surface area contributed by atoms with Gasteiger partial charge in [-0.1, -0.05) is 297 Å². The van der Waals surface area contributed by atoms with E-state index in [1.54, 1.807) is 0 Å². The number of hydrogen-bond donors (Lipinski definition) is 0. The Morgan fingerprint density at radius 1 is 0.213 bits per heavy atom. The van der Waals surface area contributed by atoms with E-state index in [1.807, 2.05) is 0 Å². The molecule has 360 valence electrons. The van der Waals surface area contributed by atoms with E-state index in [0.29, 0.717) is 0 Å². The molecule has 0 atom stereocenters.